The van der Waals surface area contributed by atoms with Crippen LogP contribution < -0.4 is 15.2 Å². The minimum absolute atomic E-state index is 0.0256. The Balaban J connectivity index is 1.57. The number of hydrogen-bond donors (Lipinski definition) is 2. The fraction of sp³-hybridized carbons (Fsp3) is 0.603. The van der Waals surface area contributed by atoms with Gasteiger partial charge in [-0.15, -0.1) is 0 Å². The van der Waals surface area contributed by atoms with E-state index in [0.29, 0.717) is 37.1 Å². The maximum absolute atomic E-state index is 15.3. The van der Waals surface area contributed by atoms with Crippen LogP contribution in [-0.4, -0.2) is 144 Å². The molecule has 2 aromatic carbocycles. The third-order valence-electron chi connectivity index (χ3n) is 16.5. The van der Waals surface area contributed by atoms with Crippen molar-refractivity contribution in [2.75, 3.05) is 40.8 Å². The summed E-state index contributed by atoms with van der Waals surface area (Å²) in [6, 6.07) is 11.5. The van der Waals surface area contributed by atoms with Gasteiger partial charge in [-0.05, 0) is 135 Å². The number of ether oxygens (including phenoxy) is 2. The molecule has 5 amide bonds. The molecule has 0 aliphatic carbocycles. The number of hydrazine groups is 1. The lowest BCUT2D eigenvalue weighted by atomic mass is 9.84. The molecule has 2 aromatic heterocycles. The van der Waals surface area contributed by atoms with Gasteiger partial charge in [-0.3, -0.25) is 34.0 Å². The first-order valence-corrected chi connectivity index (χ1v) is 31.4. The van der Waals surface area contributed by atoms with Crippen molar-refractivity contribution < 1.29 is 42.7 Å². The predicted octanol–water partition coefficient (Wildman–Crippen LogP) is 10.8. The zero-order chi connectivity index (χ0) is 60.2. The summed E-state index contributed by atoms with van der Waals surface area (Å²) in [5.74, 6) is -1.87. The van der Waals surface area contributed by atoms with Crippen LogP contribution in [-0.2, 0) is 48.0 Å². The Labute approximate surface area is 483 Å². The molecule has 2 aliphatic rings. The number of aryl methyl sites for hydroxylation is 1. The minimum atomic E-state index is -2.58. The molecule has 81 heavy (non-hydrogen) atoms. The Bertz CT molecular complexity index is 2920. The molecule has 0 saturated carbocycles. The Morgan fingerprint density at radius 3 is 2.15 bits per heavy atom. The van der Waals surface area contributed by atoms with E-state index in [1.54, 1.807) is 31.9 Å². The molecule has 6 rings (SSSR count). The summed E-state index contributed by atoms with van der Waals surface area (Å²) in [6.07, 6.45) is 5.00. The lowest BCUT2D eigenvalue weighted by Gasteiger charge is -2.42. The smallest absolute Gasteiger partial charge is 0.410 e. The number of carbonyl (C=O) groups is 6. The molecule has 17 nitrogen and oxygen atoms in total. The number of amides is 5. The van der Waals surface area contributed by atoms with E-state index >= 15 is 4.79 Å². The highest BCUT2D eigenvalue weighted by Gasteiger charge is 2.47. The average molecular weight is 1140 g/mol. The molecule has 444 valence electrons. The van der Waals surface area contributed by atoms with Gasteiger partial charge < -0.3 is 38.5 Å². The quantitative estimate of drug-likeness (QED) is 0.0804. The van der Waals surface area contributed by atoms with Gasteiger partial charge >= 0.3 is 12.1 Å². The maximum atomic E-state index is 15.3. The summed E-state index contributed by atoms with van der Waals surface area (Å²) in [7, 11) is 2.23. The van der Waals surface area contributed by atoms with Crippen LogP contribution in [0.1, 0.15) is 152 Å². The molecular formula is C63H94N8O9Si. The van der Waals surface area contributed by atoms with Gasteiger partial charge in [-0.1, -0.05) is 88.3 Å². The predicted molar refractivity (Wildman–Crippen MR) is 322 cm³/mol. The van der Waals surface area contributed by atoms with Crippen molar-refractivity contribution in [2.45, 2.75) is 196 Å². The van der Waals surface area contributed by atoms with Crippen LogP contribution in [0.5, 0.6) is 5.75 Å². The van der Waals surface area contributed by atoms with Crippen molar-refractivity contribution in [3.8, 4) is 28.1 Å². The minimum Gasteiger partial charge on any atom is -0.543 e. The highest BCUT2D eigenvalue weighted by atomic mass is 28.4. The van der Waals surface area contributed by atoms with E-state index in [4.69, 9.17) is 13.9 Å². The molecule has 4 aromatic rings. The summed E-state index contributed by atoms with van der Waals surface area (Å²) >= 11 is 0. The van der Waals surface area contributed by atoms with Crippen molar-refractivity contribution in [1.82, 2.24) is 40.0 Å². The molecule has 2 aliphatic heterocycles. The van der Waals surface area contributed by atoms with Crippen LogP contribution in [0.3, 0.4) is 0 Å². The molecule has 6 bridgehead atoms. The second-order valence-corrected chi connectivity index (χ2v) is 31.2. The number of hydrogen-bond acceptors (Lipinski definition) is 11. The molecule has 18 heteroatoms. The molecule has 4 atom stereocenters. The van der Waals surface area contributed by atoms with Crippen LogP contribution in [0.25, 0.3) is 33.3 Å². The molecule has 4 heterocycles. The standard InChI is InChI=1S/C63H94N8O9Si/c1-20-42(11)68(18)58(74)47-30-46(34-64-35-47)56-50-33-63(15,16)37-78-60(76)51-23-22-26-71(66-51)59(75)52(65-57(73)55(38(3)4)69(19)54(72)36-67(17)61(77)79-62(12,13)14)29-43-27-45(44-24-25-53(49(50)32-44)70(56)21-2)31-48(28-43)80-81(39(5)6,40(7)8)41(9)10/h24-25,27-28,30-32,34-35,38-42,51-52,55,66H,20-23,26,29,33,36-37H2,1-19H3,(H,65,73)/t42?,51-,52-,55-/m0/s1. The van der Waals surface area contributed by atoms with Crippen LogP contribution in [0.2, 0.25) is 16.6 Å². The molecule has 2 N–H and O–H groups in total. The zero-order valence-electron chi connectivity index (χ0n) is 52.0. The van der Waals surface area contributed by atoms with Gasteiger partial charge in [0.15, 0.2) is 0 Å². The lowest BCUT2D eigenvalue weighted by molar-refractivity contribution is -0.155. The van der Waals surface area contributed by atoms with Crippen LogP contribution >= 0.6 is 0 Å². The Hall–Kier alpha value is -6.27. The maximum Gasteiger partial charge on any atom is 0.410 e. The number of nitrogens with one attached hydrogen (secondary N) is 2. The van der Waals surface area contributed by atoms with Crippen LogP contribution in [0, 0.1) is 11.3 Å². The van der Waals surface area contributed by atoms with Gasteiger partial charge in [0.05, 0.1) is 17.9 Å². The first kappa shape index (κ1) is 63.9. The van der Waals surface area contributed by atoms with Gasteiger partial charge in [0, 0.05) is 81.0 Å². The topological polar surface area (TPSA) is 185 Å². The van der Waals surface area contributed by atoms with Gasteiger partial charge in [-0.25, -0.2) is 10.2 Å². The molecule has 1 saturated heterocycles. The highest BCUT2D eigenvalue weighted by molar-refractivity contribution is 6.78. The number of aromatic nitrogens is 2. The third kappa shape index (κ3) is 14.5. The van der Waals surface area contributed by atoms with E-state index < -0.39 is 73.2 Å². The molecule has 0 radical (unpaired) electrons. The summed E-state index contributed by atoms with van der Waals surface area (Å²) < 4.78 is 21.5. The number of likely N-dealkylation sites (N-methyl/N-ethyl adjacent to an activating group) is 2. The van der Waals surface area contributed by atoms with Crippen molar-refractivity contribution >= 4 is 54.9 Å². The number of carbonyl (C=O) groups excluding carboxylic acids is 6. The SMILES string of the molecule is CCC(C)N(C)C(=O)c1cncc(-c2c3c4cc(ccc4n2CC)-c2cc(cc(O[Si](C(C)C)(C(C)C)C(C)C)c2)C[C@H](NC(=O)[C@H](C(C)C)N(C)C(=O)CN(C)C(=O)OC(C)(C)C)C(=O)N2CCC[C@H](N2)C(=O)OCC(C)(C)C3)c1. The number of esters is 1. The zero-order valence-corrected chi connectivity index (χ0v) is 53.0. The average Bonchev–Trinajstić information content (AvgIpc) is 4.01. The lowest BCUT2D eigenvalue weighted by Crippen LogP contribution is -2.62. The van der Waals surface area contributed by atoms with Gasteiger partial charge in [0.25, 0.3) is 20.1 Å². The largest absolute Gasteiger partial charge is 0.543 e. The summed E-state index contributed by atoms with van der Waals surface area (Å²) in [5.41, 5.74) is 9.22. The second-order valence-electron chi connectivity index (χ2n) is 25.8. The van der Waals surface area contributed by atoms with Gasteiger partial charge in [0.2, 0.25) is 11.8 Å². The fourth-order valence-electron chi connectivity index (χ4n) is 12.1. The monoisotopic (exact) mass is 1130 g/mol. The summed E-state index contributed by atoms with van der Waals surface area (Å²) in [6.45, 7) is 33.3. The Morgan fingerprint density at radius 2 is 1.54 bits per heavy atom. The van der Waals surface area contributed by atoms with Gasteiger partial charge in [0.1, 0.15) is 36.0 Å². The van der Waals surface area contributed by atoms with Crippen LogP contribution in [0.15, 0.2) is 54.9 Å². The number of fused-ring (bicyclic) bond motifs is 6. The molecular weight excluding hydrogens is 1040 g/mol. The third-order valence-corrected chi connectivity index (χ3v) is 22.5. The van der Waals surface area contributed by atoms with E-state index in [0.717, 1.165) is 50.8 Å². The highest BCUT2D eigenvalue weighted by Crippen LogP contribution is 2.45. The van der Waals surface area contributed by atoms with Crippen LogP contribution in [0.4, 0.5) is 4.79 Å². The molecule has 1 unspecified atom stereocenters. The van der Waals surface area contributed by atoms with Crippen molar-refractivity contribution in [1.29, 1.82) is 0 Å². The number of pyridine rings is 1. The van der Waals surface area contributed by atoms with E-state index in [-0.39, 0.29) is 54.7 Å². The van der Waals surface area contributed by atoms with Gasteiger partial charge in [-0.2, -0.15) is 0 Å². The first-order valence-electron chi connectivity index (χ1n) is 29.3. The van der Waals surface area contributed by atoms with E-state index in [2.05, 4.69) is 120 Å². The van der Waals surface area contributed by atoms with E-state index in [9.17, 15) is 24.0 Å². The molecule has 0 spiro atoms. The first-order chi connectivity index (χ1) is 37.8. The normalized spacial score (nSPS) is 17.9. The number of nitrogens with zero attached hydrogens (tertiary/aromatic N) is 6. The van der Waals surface area contributed by atoms with Crippen molar-refractivity contribution in [2.24, 2.45) is 11.3 Å². The number of benzene rings is 2. The van der Waals surface area contributed by atoms with E-state index in [1.807, 2.05) is 46.1 Å². The number of rotatable bonds is 16. The fourth-order valence-corrected chi connectivity index (χ4v) is 17.3. The Morgan fingerprint density at radius 1 is 0.877 bits per heavy atom. The van der Waals surface area contributed by atoms with Crippen molar-refractivity contribution in [3.05, 3.63) is 71.5 Å². The molecule has 1 fully saturated rings. The van der Waals surface area contributed by atoms with E-state index in [1.165, 1.54) is 28.9 Å². The van der Waals surface area contributed by atoms with Crippen molar-refractivity contribution in [3.63, 3.8) is 0 Å². The Kier molecular flexibility index (Phi) is 20.4. The second kappa shape index (κ2) is 25.9. The number of cyclic esters (lactones) is 1. The summed E-state index contributed by atoms with van der Waals surface area (Å²) in [4.78, 5) is 94.2. The summed E-state index contributed by atoms with van der Waals surface area (Å²) in [5, 5.41) is 5.51.